The van der Waals surface area contributed by atoms with Crippen LogP contribution in [0.3, 0.4) is 0 Å². The predicted molar refractivity (Wildman–Crippen MR) is 114 cm³/mol. The first-order chi connectivity index (χ1) is 15.8. The van der Waals surface area contributed by atoms with E-state index in [1.165, 1.54) is 19.2 Å². The van der Waals surface area contributed by atoms with Gasteiger partial charge in [0.1, 0.15) is 17.4 Å². The van der Waals surface area contributed by atoms with E-state index in [2.05, 4.69) is 16.7 Å². The number of fused-ring (bicyclic) bond motifs is 7. The third-order valence-electron chi connectivity index (χ3n) is 6.07. The fourth-order valence-electron chi connectivity index (χ4n) is 4.79. The Morgan fingerprint density at radius 3 is 2.30 bits per heavy atom. The number of halogens is 3. The fourth-order valence-corrected chi connectivity index (χ4v) is 4.79. The molecule has 2 aliphatic carbocycles. The number of methoxy groups -OCH3 is 1. The van der Waals surface area contributed by atoms with E-state index in [9.17, 15) is 23.2 Å². The van der Waals surface area contributed by atoms with Gasteiger partial charge in [0.15, 0.2) is 5.78 Å². The molecule has 0 radical (unpaired) electrons. The third-order valence-corrected chi connectivity index (χ3v) is 6.07. The molecule has 0 heterocycles. The Morgan fingerprint density at radius 1 is 0.939 bits per heavy atom. The highest BCUT2D eigenvalue weighted by molar-refractivity contribution is 6.25. The van der Waals surface area contributed by atoms with Crippen molar-refractivity contribution < 1.29 is 27.4 Å². The Morgan fingerprint density at radius 2 is 1.64 bits per heavy atom. The van der Waals surface area contributed by atoms with Crippen LogP contribution < -0.4 is 9.47 Å². The van der Waals surface area contributed by atoms with Crippen LogP contribution in [0.2, 0.25) is 0 Å². The van der Waals surface area contributed by atoms with Gasteiger partial charge >= 0.3 is 6.36 Å². The van der Waals surface area contributed by atoms with Crippen LogP contribution in [-0.4, -0.2) is 19.3 Å². The number of benzene rings is 3. The summed E-state index contributed by atoms with van der Waals surface area (Å²) < 4.78 is 47.4. The summed E-state index contributed by atoms with van der Waals surface area (Å²) in [7, 11) is 1.53. The molecule has 0 spiro atoms. The second kappa shape index (κ2) is 7.15. The molecular formula is C26H14F3NO3. The number of carbonyl (C=O) groups excluding carboxylic acids is 1. The number of ether oxygens (including phenoxy) is 2. The van der Waals surface area contributed by atoms with Gasteiger partial charge in [-0.2, -0.15) is 5.26 Å². The van der Waals surface area contributed by atoms with Crippen molar-refractivity contribution in [2.24, 2.45) is 5.92 Å². The number of nitrogens with zero attached hydrogens (tertiary/aromatic N) is 1. The molecule has 0 saturated heterocycles. The second-order valence-corrected chi connectivity index (χ2v) is 7.74. The molecule has 7 heteroatoms. The van der Waals surface area contributed by atoms with E-state index >= 15 is 0 Å². The quantitative estimate of drug-likeness (QED) is 0.380. The Kier molecular flexibility index (Phi) is 4.47. The number of carbonyl (C=O) groups is 1. The average Bonchev–Trinajstić information content (AvgIpc) is 3.25. The molecule has 0 bridgehead atoms. The first-order valence-electron chi connectivity index (χ1n) is 9.93. The SMILES string of the molecule is C#CC(C#N)C1c2cc(OC)ccc2-c2c1ccc1c2C(=O)c2cc(OC(F)(F)F)ccc2-1. The van der Waals surface area contributed by atoms with Crippen LogP contribution in [0.25, 0.3) is 22.3 Å². The highest BCUT2D eigenvalue weighted by Gasteiger charge is 2.41. The lowest BCUT2D eigenvalue weighted by Crippen LogP contribution is -2.17. The number of alkyl halides is 3. The predicted octanol–water partition coefficient (Wildman–Crippen LogP) is 5.69. The van der Waals surface area contributed by atoms with Crippen molar-refractivity contribution in [3.05, 3.63) is 70.8 Å². The van der Waals surface area contributed by atoms with Crippen LogP contribution in [-0.2, 0) is 0 Å². The van der Waals surface area contributed by atoms with Gasteiger partial charge in [-0.05, 0) is 63.7 Å². The van der Waals surface area contributed by atoms with E-state index in [0.717, 1.165) is 22.8 Å². The van der Waals surface area contributed by atoms with Crippen molar-refractivity contribution in [2.75, 3.05) is 7.11 Å². The molecule has 0 amide bonds. The Bertz CT molecular complexity index is 1410. The number of rotatable bonds is 3. The summed E-state index contributed by atoms with van der Waals surface area (Å²) in [4.78, 5) is 13.4. The molecule has 3 aromatic carbocycles. The zero-order chi connectivity index (χ0) is 23.5. The van der Waals surface area contributed by atoms with Crippen LogP contribution in [0.4, 0.5) is 13.2 Å². The van der Waals surface area contributed by atoms with Crippen molar-refractivity contribution in [3.8, 4) is 52.2 Å². The van der Waals surface area contributed by atoms with Crippen molar-refractivity contribution in [3.63, 3.8) is 0 Å². The summed E-state index contributed by atoms with van der Waals surface area (Å²) >= 11 is 0. The molecule has 0 saturated carbocycles. The Hall–Kier alpha value is -4.23. The summed E-state index contributed by atoms with van der Waals surface area (Å²) in [5.74, 6) is 1.01. The standard InChI is InChI=1S/C26H14F3NO3/c1-3-13(12-30)22-19-9-8-17-16-6-5-15(33-26(27,28)29)11-21(16)25(31)24(17)23(19)18-7-4-14(32-2)10-20(18)22/h1,4-11,13,22H,2H3. The lowest BCUT2D eigenvalue weighted by Gasteiger charge is -2.16. The molecule has 3 aromatic rings. The highest BCUT2D eigenvalue weighted by atomic mass is 19.4. The minimum absolute atomic E-state index is 0.132. The van der Waals surface area contributed by atoms with Gasteiger partial charge < -0.3 is 9.47 Å². The summed E-state index contributed by atoms with van der Waals surface area (Å²) in [5, 5.41) is 9.68. The molecule has 162 valence electrons. The molecule has 2 aliphatic rings. The molecule has 33 heavy (non-hydrogen) atoms. The molecule has 5 rings (SSSR count). The van der Waals surface area contributed by atoms with E-state index in [0.29, 0.717) is 28.0 Å². The van der Waals surface area contributed by atoms with Gasteiger partial charge in [-0.3, -0.25) is 4.79 Å². The second-order valence-electron chi connectivity index (χ2n) is 7.74. The lowest BCUT2D eigenvalue weighted by molar-refractivity contribution is -0.274. The van der Waals surface area contributed by atoms with Gasteiger partial charge in [-0.25, -0.2) is 0 Å². The zero-order valence-electron chi connectivity index (χ0n) is 17.2. The number of hydrogen-bond donors (Lipinski definition) is 0. The van der Waals surface area contributed by atoms with Crippen molar-refractivity contribution >= 4 is 5.78 Å². The largest absolute Gasteiger partial charge is 0.573 e. The Balaban J connectivity index is 1.72. The molecule has 0 fully saturated rings. The fraction of sp³-hybridized carbons (Fsp3) is 0.154. The van der Waals surface area contributed by atoms with E-state index in [-0.39, 0.29) is 5.56 Å². The van der Waals surface area contributed by atoms with Crippen molar-refractivity contribution in [2.45, 2.75) is 12.3 Å². The summed E-state index contributed by atoms with van der Waals surface area (Å²) in [6.07, 6.45) is 0.783. The van der Waals surface area contributed by atoms with Gasteiger partial charge in [0.25, 0.3) is 0 Å². The molecule has 4 nitrogen and oxygen atoms in total. The van der Waals surface area contributed by atoms with Gasteiger partial charge in [0, 0.05) is 17.0 Å². The van der Waals surface area contributed by atoms with E-state index in [1.54, 1.807) is 18.2 Å². The summed E-state index contributed by atoms with van der Waals surface area (Å²) in [5.41, 5.74) is 4.55. The normalized spacial score (nSPS) is 16.1. The van der Waals surface area contributed by atoms with Crippen molar-refractivity contribution in [1.29, 1.82) is 5.26 Å². The molecule has 2 unspecified atom stereocenters. The maximum Gasteiger partial charge on any atom is 0.573 e. The monoisotopic (exact) mass is 445 g/mol. The molecular weight excluding hydrogens is 431 g/mol. The lowest BCUT2D eigenvalue weighted by atomic mass is 9.84. The van der Waals surface area contributed by atoms with Gasteiger partial charge in [-0.15, -0.1) is 19.6 Å². The van der Waals surface area contributed by atoms with Crippen LogP contribution in [0.5, 0.6) is 11.5 Å². The highest BCUT2D eigenvalue weighted by Crippen LogP contribution is 2.54. The van der Waals surface area contributed by atoms with Crippen LogP contribution >= 0.6 is 0 Å². The van der Waals surface area contributed by atoms with Crippen LogP contribution in [0.1, 0.15) is 33.0 Å². The van der Waals surface area contributed by atoms with Gasteiger partial charge in [-0.1, -0.05) is 24.1 Å². The van der Waals surface area contributed by atoms with E-state index < -0.39 is 29.7 Å². The number of ketones is 1. The van der Waals surface area contributed by atoms with E-state index in [4.69, 9.17) is 11.2 Å². The molecule has 0 N–H and O–H groups in total. The Labute approximate surface area is 187 Å². The zero-order valence-corrected chi connectivity index (χ0v) is 17.2. The van der Waals surface area contributed by atoms with Crippen LogP contribution in [0, 0.1) is 29.6 Å². The number of hydrogen-bond acceptors (Lipinski definition) is 4. The molecule has 0 aromatic heterocycles. The minimum Gasteiger partial charge on any atom is -0.497 e. The van der Waals surface area contributed by atoms with Gasteiger partial charge in [0.05, 0.1) is 13.2 Å². The summed E-state index contributed by atoms with van der Waals surface area (Å²) in [6.45, 7) is 0. The van der Waals surface area contributed by atoms with Gasteiger partial charge in [0.2, 0.25) is 0 Å². The number of terminal acetylenes is 1. The molecule has 0 aliphatic heterocycles. The van der Waals surface area contributed by atoms with Crippen LogP contribution in [0.15, 0.2) is 48.5 Å². The average molecular weight is 445 g/mol. The minimum atomic E-state index is -4.86. The maximum absolute atomic E-state index is 13.4. The van der Waals surface area contributed by atoms with E-state index in [1.807, 2.05) is 12.1 Å². The van der Waals surface area contributed by atoms with Crippen molar-refractivity contribution in [1.82, 2.24) is 0 Å². The summed E-state index contributed by atoms with van der Waals surface area (Å²) in [6, 6.07) is 14.9. The third kappa shape index (κ3) is 3.05. The number of nitriles is 1. The topological polar surface area (TPSA) is 59.3 Å². The first kappa shape index (κ1) is 20.7. The maximum atomic E-state index is 13.4. The first-order valence-corrected chi connectivity index (χ1v) is 9.93. The molecule has 2 atom stereocenters. The smallest absolute Gasteiger partial charge is 0.497 e.